The quantitative estimate of drug-likeness (QED) is 0.606. The number of aromatic nitrogens is 1. The largest absolute Gasteiger partial charge is 0.354 e. The number of thiazole rings is 1. The molecule has 3 nitrogen and oxygen atoms in total. The molecule has 4 heteroatoms. The van der Waals surface area contributed by atoms with Crippen molar-refractivity contribution in [2.45, 2.75) is 0 Å². The van der Waals surface area contributed by atoms with Gasteiger partial charge in [-0.25, -0.2) is 4.98 Å². The zero-order chi connectivity index (χ0) is 7.56. The van der Waals surface area contributed by atoms with Gasteiger partial charge >= 0.3 is 0 Å². The number of hydrogen-bond acceptors (Lipinski definition) is 4. The summed E-state index contributed by atoms with van der Waals surface area (Å²) in [4.78, 5) is 6.55. The minimum Gasteiger partial charge on any atom is -0.354 e. The van der Waals surface area contributed by atoms with Gasteiger partial charge in [0.1, 0.15) is 10.9 Å². The Kier molecular flexibility index (Phi) is 1.88. The first-order chi connectivity index (χ1) is 4.74. The molecule has 0 aliphatic heterocycles. The maximum Gasteiger partial charge on any atom is 0.186 e. The molecule has 0 unspecified atom stereocenters. The maximum absolute atomic E-state index is 8.43. The molecule has 0 spiro atoms. The van der Waals surface area contributed by atoms with E-state index in [2.05, 4.69) is 4.98 Å². The Balaban J connectivity index is 2.91. The van der Waals surface area contributed by atoms with Gasteiger partial charge in [-0.05, 0) is 0 Å². The highest BCUT2D eigenvalue weighted by Crippen LogP contribution is 2.18. The number of rotatable bonds is 1. The molecule has 0 saturated carbocycles. The topological polar surface area (TPSA) is 39.9 Å². The zero-order valence-corrected chi connectivity index (χ0v) is 6.64. The van der Waals surface area contributed by atoms with Crippen molar-refractivity contribution >= 4 is 16.5 Å². The minimum atomic E-state index is 0.656. The molecule has 0 aliphatic carbocycles. The summed E-state index contributed by atoms with van der Waals surface area (Å²) >= 11 is 1.39. The molecule has 1 aromatic heterocycles. The Bertz CT molecular complexity index is 258. The number of hydrogen-bond donors (Lipinski definition) is 0. The van der Waals surface area contributed by atoms with Crippen LogP contribution in [0.4, 0.5) is 5.13 Å². The van der Waals surface area contributed by atoms with Crippen LogP contribution in [-0.4, -0.2) is 19.1 Å². The molecule has 52 valence electrons. The predicted molar refractivity (Wildman–Crippen MR) is 41.2 cm³/mol. The van der Waals surface area contributed by atoms with Crippen molar-refractivity contribution < 1.29 is 0 Å². The van der Waals surface area contributed by atoms with E-state index in [-0.39, 0.29) is 0 Å². The van der Waals surface area contributed by atoms with Gasteiger partial charge in [0.05, 0.1) is 6.20 Å². The summed E-state index contributed by atoms with van der Waals surface area (Å²) in [7, 11) is 3.81. The van der Waals surface area contributed by atoms with Crippen LogP contribution < -0.4 is 4.90 Å². The lowest BCUT2D eigenvalue weighted by molar-refractivity contribution is 1.10. The normalized spacial score (nSPS) is 8.90. The number of nitriles is 1. The number of anilines is 1. The second kappa shape index (κ2) is 2.67. The van der Waals surface area contributed by atoms with E-state index < -0.39 is 0 Å². The predicted octanol–water partition coefficient (Wildman–Crippen LogP) is 1.08. The SMILES string of the molecule is CN(C)c1ncc(C#N)s1. The first kappa shape index (κ1) is 7.03. The molecule has 0 fully saturated rings. The lowest BCUT2D eigenvalue weighted by atomic mass is 10.6. The van der Waals surface area contributed by atoms with E-state index >= 15 is 0 Å². The summed E-state index contributed by atoms with van der Waals surface area (Å²) in [5.74, 6) is 0. The van der Waals surface area contributed by atoms with E-state index in [0.717, 1.165) is 5.13 Å². The summed E-state index contributed by atoms with van der Waals surface area (Å²) in [5, 5.41) is 9.31. The summed E-state index contributed by atoms with van der Waals surface area (Å²) in [6, 6.07) is 2.03. The highest BCUT2D eigenvalue weighted by atomic mass is 32.1. The second-order valence-corrected chi connectivity index (χ2v) is 3.02. The van der Waals surface area contributed by atoms with Gasteiger partial charge in [0.2, 0.25) is 0 Å². The van der Waals surface area contributed by atoms with Gasteiger partial charge in [-0.15, -0.1) is 0 Å². The molecule has 0 aromatic carbocycles. The van der Waals surface area contributed by atoms with E-state index in [1.165, 1.54) is 11.3 Å². The Morgan fingerprint density at radius 1 is 1.70 bits per heavy atom. The van der Waals surface area contributed by atoms with Crippen molar-refractivity contribution in [2.75, 3.05) is 19.0 Å². The molecule has 0 radical (unpaired) electrons. The molecule has 1 rings (SSSR count). The van der Waals surface area contributed by atoms with Crippen LogP contribution in [0.5, 0.6) is 0 Å². The van der Waals surface area contributed by atoms with Crippen molar-refractivity contribution in [2.24, 2.45) is 0 Å². The Morgan fingerprint density at radius 2 is 2.40 bits per heavy atom. The van der Waals surface area contributed by atoms with Gasteiger partial charge in [0.15, 0.2) is 5.13 Å². The van der Waals surface area contributed by atoms with Gasteiger partial charge in [0.25, 0.3) is 0 Å². The molecule has 0 atom stereocenters. The monoisotopic (exact) mass is 153 g/mol. The fourth-order valence-corrected chi connectivity index (χ4v) is 1.16. The molecule has 0 saturated heterocycles. The smallest absolute Gasteiger partial charge is 0.186 e. The van der Waals surface area contributed by atoms with Crippen LogP contribution in [0.2, 0.25) is 0 Å². The molecule has 0 bridgehead atoms. The number of nitrogens with zero attached hydrogens (tertiary/aromatic N) is 3. The first-order valence-electron chi connectivity index (χ1n) is 2.77. The van der Waals surface area contributed by atoms with Gasteiger partial charge in [-0.1, -0.05) is 11.3 Å². The minimum absolute atomic E-state index is 0.656. The fourth-order valence-electron chi connectivity index (χ4n) is 0.523. The van der Waals surface area contributed by atoms with E-state index in [0.29, 0.717) is 4.88 Å². The Hall–Kier alpha value is -1.08. The zero-order valence-electron chi connectivity index (χ0n) is 5.83. The molecule has 10 heavy (non-hydrogen) atoms. The molecule has 1 heterocycles. The third-order valence-corrected chi connectivity index (χ3v) is 2.06. The molecule has 1 aromatic rings. The summed E-state index contributed by atoms with van der Waals surface area (Å²) < 4.78 is 0. The van der Waals surface area contributed by atoms with Gasteiger partial charge in [0, 0.05) is 14.1 Å². The first-order valence-corrected chi connectivity index (χ1v) is 3.59. The van der Waals surface area contributed by atoms with Gasteiger partial charge < -0.3 is 4.90 Å². The average molecular weight is 153 g/mol. The third-order valence-electron chi connectivity index (χ3n) is 0.986. The lowest BCUT2D eigenvalue weighted by Gasteiger charge is -2.04. The third kappa shape index (κ3) is 1.25. The molecule has 0 N–H and O–H groups in total. The molecular weight excluding hydrogens is 146 g/mol. The van der Waals surface area contributed by atoms with Crippen molar-refractivity contribution in [3.63, 3.8) is 0 Å². The van der Waals surface area contributed by atoms with E-state index in [1.807, 2.05) is 25.1 Å². The molecular formula is C6H7N3S. The highest BCUT2D eigenvalue weighted by molar-refractivity contribution is 7.16. The summed E-state index contributed by atoms with van der Waals surface area (Å²) in [5.41, 5.74) is 0. The van der Waals surface area contributed by atoms with Gasteiger partial charge in [-0.2, -0.15) is 5.26 Å². The summed E-state index contributed by atoms with van der Waals surface area (Å²) in [6.07, 6.45) is 1.58. The lowest BCUT2D eigenvalue weighted by Crippen LogP contribution is -2.07. The van der Waals surface area contributed by atoms with Crippen LogP contribution in [0, 0.1) is 11.3 Å². The van der Waals surface area contributed by atoms with Gasteiger partial charge in [-0.3, -0.25) is 0 Å². The Morgan fingerprint density at radius 3 is 2.70 bits per heavy atom. The highest BCUT2D eigenvalue weighted by Gasteiger charge is 2.00. The van der Waals surface area contributed by atoms with E-state index in [9.17, 15) is 0 Å². The second-order valence-electron chi connectivity index (χ2n) is 2.01. The van der Waals surface area contributed by atoms with Crippen LogP contribution in [0.1, 0.15) is 4.88 Å². The van der Waals surface area contributed by atoms with Crippen LogP contribution in [0.3, 0.4) is 0 Å². The molecule has 0 aliphatic rings. The Labute approximate surface area is 63.5 Å². The van der Waals surface area contributed by atoms with Crippen molar-refractivity contribution in [3.05, 3.63) is 11.1 Å². The van der Waals surface area contributed by atoms with Crippen LogP contribution in [0.15, 0.2) is 6.20 Å². The fraction of sp³-hybridized carbons (Fsp3) is 0.333. The van der Waals surface area contributed by atoms with Crippen LogP contribution >= 0.6 is 11.3 Å². The maximum atomic E-state index is 8.43. The van der Waals surface area contributed by atoms with E-state index in [4.69, 9.17) is 5.26 Å². The molecule has 0 amide bonds. The van der Waals surface area contributed by atoms with Crippen molar-refractivity contribution in [1.29, 1.82) is 5.26 Å². The van der Waals surface area contributed by atoms with E-state index in [1.54, 1.807) is 6.20 Å². The summed E-state index contributed by atoms with van der Waals surface area (Å²) in [6.45, 7) is 0. The van der Waals surface area contributed by atoms with Crippen molar-refractivity contribution in [3.8, 4) is 6.07 Å². The standard InChI is InChI=1S/C6H7N3S/c1-9(2)6-8-4-5(3-7)10-6/h4H,1-2H3. The van der Waals surface area contributed by atoms with Crippen LogP contribution in [0.25, 0.3) is 0 Å². The van der Waals surface area contributed by atoms with Crippen molar-refractivity contribution in [1.82, 2.24) is 4.98 Å². The average Bonchev–Trinajstić information content (AvgIpc) is 2.34. The van der Waals surface area contributed by atoms with Crippen LogP contribution in [-0.2, 0) is 0 Å².